The maximum atomic E-state index is 13.1. The number of alkyl carbamates (subject to hydrolysis) is 1. The number of hydrogen-bond acceptors (Lipinski definition) is 5. The highest BCUT2D eigenvalue weighted by molar-refractivity contribution is 5.88. The molecule has 34 heavy (non-hydrogen) atoms. The highest BCUT2D eigenvalue weighted by Crippen LogP contribution is 2.44. The molecule has 0 unspecified atom stereocenters. The number of rotatable bonds is 11. The number of carbonyl (C=O) groups excluding carboxylic acids is 2. The second-order valence-corrected chi connectivity index (χ2v) is 8.77. The third-order valence-corrected chi connectivity index (χ3v) is 5.97. The van der Waals surface area contributed by atoms with Gasteiger partial charge in [0.15, 0.2) is 0 Å². The number of benzene rings is 2. The summed E-state index contributed by atoms with van der Waals surface area (Å²) in [6.07, 6.45) is 0.354. The molecule has 0 heterocycles. The number of carboxylic acid groups (broad SMARTS) is 1. The first-order valence-electron chi connectivity index (χ1n) is 11.6. The van der Waals surface area contributed by atoms with Crippen molar-refractivity contribution in [2.45, 2.75) is 31.7 Å². The Hall–Kier alpha value is -3.39. The van der Waals surface area contributed by atoms with Crippen LogP contribution in [-0.2, 0) is 14.3 Å². The van der Waals surface area contributed by atoms with Crippen LogP contribution in [0.25, 0.3) is 11.1 Å². The van der Waals surface area contributed by atoms with Crippen LogP contribution in [0.3, 0.4) is 0 Å². The van der Waals surface area contributed by atoms with Gasteiger partial charge in [0, 0.05) is 19.0 Å². The van der Waals surface area contributed by atoms with E-state index in [4.69, 9.17) is 4.74 Å². The minimum atomic E-state index is -1.09. The minimum Gasteiger partial charge on any atom is -0.480 e. The molecule has 2 N–H and O–H groups in total. The van der Waals surface area contributed by atoms with E-state index in [0.29, 0.717) is 19.4 Å². The summed E-state index contributed by atoms with van der Waals surface area (Å²) < 4.78 is 5.58. The van der Waals surface area contributed by atoms with E-state index in [1.807, 2.05) is 62.3 Å². The molecule has 0 spiro atoms. The zero-order valence-corrected chi connectivity index (χ0v) is 20.0. The van der Waals surface area contributed by atoms with Gasteiger partial charge in [0.25, 0.3) is 0 Å². The fraction of sp³-hybridized carbons (Fsp3) is 0.423. The highest BCUT2D eigenvalue weighted by Gasteiger charge is 2.31. The number of likely N-dealkylation sites (N-methyl/N-ethyl adjacent to an activating group) is 1. The molecule has 2 amide bonds. The topological polar surface area (TPSA) is 99.2 Å². The van der Waals surface area contributed by atoms with Crippen LogP contribution < -0.4 is 5.32 Å². The van der Waals surface area contributed by atoms with Crippen LogP contribution in [0.1, 0.15) is 36.8 Å². The van der Waals surface area contributed by atoms with Gasteiger partial charge in [-0.15, -0.1) is 0 Å². The number of nitrogens with one attached hydrogen (secondary N) is 1. The van der Waals surface area contributed by atoms with Crippen molar-refractivity contribution in [2.24, 2.45) is 0 Å². The van der Waals surface area contributed by atoms with Crippen molar-refractivity contribution in [2.75, 3.05) is 40.3 Å². The highest BCUT2D eigenvalue weighted by atomic mass is 16.5. The summed E-state index contributed by atoms with van der Waals surface area (Å²) in [6, 6.07) is 15.3. The predicted octanol–water partition coefficient (Wildman–Crippen LogP) is 3.17. The quantitative estimate of drug-likeness (QED) is 0.527. The van der Waals surface area contributed by atoms with Gasteiger partial charge in [-0.1, -0.05) is 61.9 Å². The van der Waals surface area contributed by atoms with Gasteiger partial charge in [-0.2, -0.15) is 0 Å². The predicted molar refractivity (Wildman–Crippen MR) is 130 cm³/mol. The summed E-state index contributed by atoms with van der Waals surface area (Å²) in [4.78, 5) is 40.2. The molecule has 1 atom stereocenters. The standard InChI is InChI=1S/C26H33N3O5/c1-4-9-23(25(32)29(16-24(30)31)15-14-28(2)3)27-26(33)34-17-22-20-12-7-5-10-18(20)19-11-6-8-13-21(19)22/h5-8,10-13,22-23H,4,9,14-17H2,1-3H3,(H,27,33)(H,30,31)/t23-/m0/s1. The number of amides is 2. The van der Waals surface area contributed by atoms with E-state index in [9.17, 15) is 19.5 Å². The summed E-state index contributed by atoms with van der Waals surface area (Å²) in [5, 5.41) is 11.9. The Morgan fingerprint density at radius 2 is 1.59 bits per heavy atom. The number of aliphatic carboxylic acids is 1. The Balaban J connectivity index is 1.67. The molecular weight excluding hydrogens is 434 g/mol. The third kappa shape index (κ3) is 6.14. The Kier molecular flexibility index (Phi) is 8.65. The number of carbonyl (C=O) groups is 3. The molecule has 0 saturated carbocycles. The zero-order chi connectivity index (χ0) is 24.7. The summed E-state index contributed by atoms with van der Waals surface area (Å²) in [5.41, 5.74) is 4.48. The number of carboxylic acids is 1. The van der Waals surface area contributed by atoms with Crippen LogP contribution in [0.15, 0.2) is 48.5 Å². The van der Waals surface area contributed by atoms with Crippen LogP contribution in [-0.4, -0.2) is 79.3 Å². The van der Waals surface area contributed by atoms with Gasteiger partial charge in [0.1, 0.15) is 19.2 Å². The number of hydrogen-bond donors (Lipinski definition) is 2. The van der Waals surface area contributed by atoms with Gasteiger partial charge in [-0.3, -0.25) is 9.59 Å². The fourth-order valence-electron chi connectivity index (χ4n) is 4.30. The van der Waals surface area contributed by atoms with Crippen LogP contribution in [0.5, 0.6) is 0 Å². The van der Waals surface area contributed by atoms with E-state index in [2.05, 4.69) is 17.4 Å². The van der Waals surface area contributed by atoms with Crippen molar-refractivity contribution in [3.63, 3.8) is 0 Å². The summed E-state index contributed by atoms with van der Waals surface area (Å²) >= 11 is 0. The van der Waals surface area contributed by atoms with Gasteiger partial charge in [0.05, 0.1) is 0 Å². The molecule has 0 aromatic heterocycles. The summed E-state index contributed by atoms with van der Waals surface area (Å²) in [5.74, 6) is -1.59. The molecule has 0 saturated heterocycles. The van der Waals surface area contributed by atoms with Gasteiger partial charge < -0.3 is 25.0 Å². The van der Waals surface area contributed by atoms with E-state index in [1.54, 1.807) is 0 Å². The van der Waals surface area contributed by atoms with Crippen LogP contribution >= 0.6 is 0 Å². The molecule has 0 fully saturated rings. The van der Waals surface area contributed by atoms with Crippen molar-refractivity contribution < 1.29 is 24.2 Å². The monoisotopic (exact) mass is 467 g/mol. The molecule has 0 radical (unpaired) electrons. The molecule has 182 valence electrons. The number of nitrogens with zero attached hydrogens (tertiary/aromatic N) is 2. The first kappa shape index (κ1) is 25.2. The molecule has 0 bridgehead atoms. The Morgan fingerprint density at radius 3 is 2.12 bits per heavy atom. The lowest BCUT2D eigenvalue weighted by atomic mass is 9.98. The number of ether oxygens (including phenoxy) is 1. The molecule has 0 aliphatic heterocycles. The van der Waals surface area contributed by atoms with Crippen LogP contribution in [0.2, 0.25) is 0 Å². The third-order valence-electron chi connectivity index (χ3n) is 5.97. The molecule has 1 aliphatic rings. The van der Waals surface area contributed by atoms with Gasteiger partial charge in [0.2, 0.25) is 5.91 Å². The fourth-order valence-corrected chi connectivity index (χ4v) is 4.30. The molecule has 3 rings (SSSR count). The van der Waals surface area contributed by atoms with Gasteiger partial charge in [-0.25, -0.2) is 4.79 Å². The molecule has 8 heteroatoms. The average Bonchev–Trinajstić information content (AvgIpc) is 3.13. The number of fused-ring (bicyclic) bond motifs is 3. The molecule has 8 nitrogen and oxygen atoms in total. The lowest BCUT2D eigenvalue weighted by Gasteiger charge is -2.27. The molecule has 2 aromatic carbocycles. The molecular formula is C26H33N3O5. The lowest BCUT2D eigenvalue weighted by molar-refractivity contribution is -0.145. The Bertz CT molecular complexity index is 978. The Labute approximate surface area is 200 Å². The molecule has 1 aliphatic carbocycles. The van der Waals surface area contributed by atoms with Gasteiger partial charge in [-0.05, 0) is 42.8 Å². The normalized spacial score (nSPS) is 13.2. The van der Waals surface area contributed by atoms with E-state index in [1.165, 1.54) is 4.90 Å². The van der Waals surface area contributed by atoms with E-state index < -0.39 is 30.6 Å². The van der Waals surface area contributed by atoms with E-state index in [-0.39, 0.29) is 19.1 Å². The lowest BCUT2D eigenvalue weighted by Crippen LogP contribution is -2.51. The average molecular weight is 468 g/mol. The van der Waals surface area contributed by atoms with Crippen LogP contribution in [0.4, 0.5) is 4.79 Å². The SMILES string of the molecule is CCC[C@H](NC(=O)OCC1c2ccccc2-c2ccccc21)C(=O)N(CCN(C)C)CC(=O)O. The second kappa shape index (κ2) is 11.7. The van der Waals surface area contributed by atoms with Crippen molar-refractivity contribution in [1.82, 2.24) is 15.1 Å². The maximum absolute atomic E-state index is 13.1. The second-order valence-electron chi connectivity index (χ2n) is 8.77. The first-order valence-corrected chi connectivity index (χ1v) is 11.6. The van der Waals surface area contributed by atoms with Crippen molar-refractivity contribution in [3.05, 3.63) is 59.7 Å². The smallest absolute Gasteiger partial charge is 0.407 e. The van der Waals surface area contributed by atoms with Crippen molar-refractivity contribution >= 4 is 18.0 Å². The summed E-state index contributed by atoms with van der Waals surface area (Å²) in [6.45, 7) is 2.40. The van der Waals surface area contributed by atoms with E-state index >= 15 is 0 Å². The van der Waals surface area contributed by atoms with Gasteiger partial charge >= 0.3 is 12.1 Å². The minimum absolute atomic E-state index is 0.0814. The molecule has 2 aromatic rings. The first-order chi connectivity index (χ1) is 16.3. The zero-order valence-electron chi connectivity index (χ0n) is 20.0. The van der Waals surface area contributed by atoms with E-state index in [0.717, 1.165) is 22.3 Å². The Morgan fingerprint density at radius 1 is 1.00 bits per heavy atom. The van der Waals surface area contributed by atoms with Crippen LogP contribution in [0, 0.1) is 0 Å². The largest absolute Gasteiger partial charge is 0.480 e. The summed E-state index contributed by atoms with van der Waals surface area (Å²) in [7, 11) is 3.70. The maximum Gasteiger partial charge on any atom is 0.407 e. The van der Waals surface area contributed by atoms with Crippen molar-refractivity contribution in [3.8, 4) is 11.1 Å². The van der Waals surface area contributed by atoms with Crippen molar-refractivity contribution in [1.29, 1.82) is 0 Å².